The second-order valence-corrected chi connectivity index (χ2v) is 6.30. The SMILES string of the molecule is CCNC(C)C1CCCCN1c1nccn(C2CC2)c1=O. The molecule has 116 valence electrons. The van der Waals surface area contributed by atoms with E-state index in [2.05, 4.69) is 29.0 Å². The summed E-state index contributed by atoms with van der Waals surface area (Å²) in [5.41, 5.74) is 0.0931. The highest BCUT2D eigenvalue weighted by molar-refractivity contribution is 5.39. The van der Waals surface area contributed by atoms with Gasteiger partial charge >= 0.3 is 0 Å². The summed E-state index contributed by atoms with van der Waals surface area (Å²) >= 11 is 0. The minimum atomic E-state index is 0.0931. The van der Waals surface area contributed by atoms with Gasteiger partial charge in [0.2, 0.25) is 0 Å². The summed E-state index contributed by atoms with van der Waals surface area (Å²) in [6.45, 7) is 6.25. The van der Waals surface area contributed by atoms with Gasteiger partial charge < -0.3 is 14.8 Å². The predicted molar refractivity (Wildman–Crippen MR) is 84.9 cm³/mol. The van der Waals surface area contributed by atoms with Gasteiger partial charge in [-0.1, -0.05) is 6.92 Å². The highest BCUT2D eigenvalue weighted by Gasteiger charge is 2.31. The van der Waals surface area contributed by atoms with Gasteiger partial charge in [-0.2, -0.15) is 0 Å². The summed E-state index contributed by atoms with van der Waals surface area (Å²) < 4.78 is 1.88. The van der Waals surface area contributed by atoms with Crippen molar-refractivity contribution in [2.24, 2.45) is 0 Å². The third-order valence-electron chi connectivity index (χ3n) is 4.71. The molecule has 1 saturated carbocycles. The predicted octanol–water partition coefficient (Wildman–Crippen LogP) is 1.94. The standard InChI is InChI=1S/C16H26N4O/c1-3-17-12(2)14-6-4-5-10-20(14)15-16(21)19(11-9-18-15)13-7-8-13/h9,11-14,17H,3-8,10H2,1-2H3. The molecule has 2 aliphatic rings. The first-order valence-electron chi connectivity index (χ1n) is 8.29. The fourth-order valence-electron chi connectivity index (χ4n) is 3.45. The lowest BCUT2D eigenvalue weighted by atomic mass is 9.96. The Balaban J connectivity index is 1.89. The number of nitrogens with one attached hydrogen (secondary N) is 1. The molecule has 0 bridgehead atoms. The monoisotopic (exact) mass is 290 g/mol. The maximum atomic E-state index is 12.7. The Hall–Kier alpha value is -1.36. The Morgan fingerprint density at radius 3 is 2.90 bits per heavy atom. The van der Waals surface area contributed by atoms with Crippen molar-refractivity contribution in [2.45, 2.75) is 64.1 Å². The highest BCUT2D eigenvalue weighted by atomic mass is 16.1. The van der Waals surface area contributed by atoms with Crippen LogP contribution in [0.5, 0.6) is 0 Å². The molecule has 0 aromatic carbocycles. The lowest BCUT2D eigenvalue weighted by Crippen LogP contribution is -2.53. The van der Waals surface area contributed by atoms with Gasteiger partial charge in [0.15, 0.2) is 5.82 Å². The minimum Gasteiger partial charge on any atom is -0.347 e. The third kappa shape index (κ3) is 2.98. The molecule has 1 N–H and O–H groups in total. The molecule has 1 saturated heterocycles. The van der Waals surface area contributed by atoms with Crippen molar-refractivity contribution in [1.29, 1.82) is 0 Å². The zero-order chi connectivity index (χ0) is 14.8. The topological polar surface area (TPSA) is 50.2 Å². The average molecular weight is 290 g/mol. The molecule has 0 radical (unpaired) electrons. The first-order chi connectivity index (χ1) is 10.2. The average Bonchev–Trinajstić information content (AvgIpc) is 3.32. The molecule has 1 aromatic heterocycles. The van der Waals surface area contributed by atoms with E-state index in [1.54, 1.807) is 6.20 Å². The second-order valence-electron chi connectivity index (χ2n) is 6.30. The van der Waals surface area contributed by atoms with E-state index in [0.29, 0.717) is 23.9 Å². The molecule has 2 heterocycles. The van der Waals surface area contributed by atoms with Crippen LogP contribution in [0.15, 0.2) is 17.2 Å². The van der Waals surface area contributed by atoms with Gasteiger partial charge in [-0.3, -0.25) is 4.79 Å². The van der Waals surface area contributed by atoms with Crippen molar-refractivity contribution in [3.05, 3.63) is 22.7 Å². The molecule has 2 unspecified atom stereocenters. The van der Waals surface area contributed by atoms with E-state index in [1.165, 1.54) is 6.42 Å². The Labute approximate surface area is 126 Å². The summed E-state index contributed by atoms with van der Waals surface area (Å²) in [6, 6.07) is 1.16. The molecule has 3 rings (SSSR count). The summed E-state index contributed by atoms with van der Waals surface area (Å²) in [7, 11) is 0. The van der Waals surface area contributed by atoms with Crippen molar-refractivity contribution >= 4 is 5.82 Å². The van der Waals surface area contributed by atoms with Crippen molar-refractivity contribution in [3.8, 4) is 0 Å². The van der Waals surface area contributed by atoms with Crippen LogP contribution in [0.4, 0.5) is 5.82 Å². The van der Waals surface area contributed by atoms with Crippen LogP contribution in [0.25, 0.3) is 0 Å². The number of aromatic nitrogens is 2. The van der Waals surface area contributed by atoms with E-state index in [1.807, 2.05) is 10.8 Å². The molecule has 5 heteroatoms. The molecule has 1 aromatic rings. The fourth-order valence-corrected chi connectivity index (χ4v) is 3.45. The number of anilines is 1. The molecule has 2 atom stereocenters. The largest absolute Gasteiger partial charge is 0.347 e. The minimum absolute atomic E-state index is 0.0931. The van der Waals surface area contributed by atoms with Crippen LogP contribution in [-0.4, -0.2) is 34.7 Å². The molecular formula is C16H26N4O. The van der Waals surface area contributed by atoms with E-state index >= 15 is 0 Å². The van der Waals surface area contributed by atoms with E-state index < -0.39 is 0 Å². The van der Waals surface area contributed by atoms with Gasteiger partial charge in [0.25, 0.3) is 5.56 Å². The summed E-state index contributed by atoms with van der Waals surface area (Å²) in [5.74, 6) is 0.652. The van der Waals surface area contributed by atoms with Crippen LogP contribution >= 0.6 is 0 Å². The number of hydrogen-bond acceptors (Lipinski definition) is 4. The lowest BCUT2D eigenvalue weighted by Gasteiger charge is -2.40. The number of nitrogens with zero attached hydrogens (tertiary/aromatic N) is 3. The first kappa shape index (κ1) is 14.6. The van der Waals surface area contributed by atoms with Crippen LogP contribution < -0.4 is 15.8 Å². The van der Waals surface area contributed by atoms with Gasteiger partial charge in [0, 0.05) is 37.1 Å². The summed E-state index contributed by atoms with van der Waals surface area (Å²) in [5, 5.41) is 3.51. The molecule has 5 nitrogen and oxygen atoms in total. The lowest BCUT2D eigenvalue weighted by molar-refractivity contribution is 0.369. The summed E-state index contributed by atoms with van der Waals surface area (Å²) in [4.78, 5) is 19.4. The van der Waals surface area contributed by atoms with Gasteiger partial charge in [-0.05, 0) is 45.6 Å². The van der Waals surface area contributed by atoms with Crippen LogP contribution in [0.2, 0.25) is 0 Å². The van der Waals surface area contributed by atoms with Gasteiger partial charge in [-0.25, -0.2) is 4.98 Å². The number of piperidine rings is 1. The van der Waals surface area contributed by atoms with Crippen molar-refractivity contribution < 1.29 is 0 Å². The molecular weight excluding hydrogens is 264 g/mol. The maximum Gasteiger partial charge on any atom is 0.293 e. The van der Waals surface area contributed by atoms with E-state index in [4.69, 9.17) is 0 Å². The quantitative estimate of drug-likeness (QED) is 0.900. The third-order valence-corrected chi connectivity index (χ3v) is 4.71. The molecule has 21 heavy (non-hydrogen) atoms. The van der Waals surface area contributed by atoms with Gasteiger partial charge in [-0.15, -0.1) is 0 Å². The van der Waals surface area contributed by atoms with Crippen molar-refractivity contribution in [1.82, 2.24) is 14.9 Å². The Kier molecular flexibility index (Phi) is 4.29. The van der Waals surface area contributed by atoms with Crippen LogP contribution in [0, 0.1) is 0 Å². The molecule has 0 spiro atoms. The Morgan fingerprint density at radius 1 is 1.38 bits per heavy atom. The molecule has 1 aliphatic heterocycles. The van der Waals surface area contributed by atoms with E-state index in [9.17, 15) is 4.79 Å². The maximum absolute atomic E-state index is 12.7. The van der Waals surface area contributed by atoms with E-state index in [-0.39, 0.29) is 5.56 Å². The van der Waals surface area contributed by atoms with Gasteiger partial charge in [0.1, 0.15) is 0 Å². The van der Waals surface area contributed by atoms with Crippen LogP contribution in [0.1, 0.15) is 52.0 Å². The highest BCUT2D eigenvalue weighted by Crippen LogP contribution is 2.33. The van der Waals surface area contributed by atoms with Crippen molar-refractivity contribution in [3.63, 3.8) is 0 Å². The van der Waals surface area contributed by atoms with E-state index in [0.717, 1.165) is 38.8 Å². The normalized spacial score (nSPS) is 24.1. The van der Waals surface area contributed by atoms with Crippen LogP contribution in [0.3, 0.4) is 0 Å². The summed E-state index contributed by atoms with van der Waals surface area (Å²) in [6.07, 6.45) is 9.40. The zero-order valence-electron chi connectivity index (χ0n) is 13.1. The fraction of sp³-hybridized carbons (Fsp3) is 0.750. The number of hydrogen-bond donors (Lipinski definition) is 1. The Bertz CT molecular complexity index is 537. The number of likely N-dealkylation sites (N-methyl/N-ethyl adjacent to an activating group) is 1. The Morgan fingerprint density at radius 2 is 2.19 bits per heavy atom. The zero-order valence-corrected chi connectivity index (χ0v) is 13.1. The smallest absolute Gasteiger partial charge is 0.293 e. The number of rotatable bonds is 5. The molecule has 1 aliphatic carbocycles. The van der Waals surface area contributed by atoms with Crippen molar-refractivity contribution in [2.75, 3.05) is 18.0 Å². The second kappa shape index (κ2) is 6.18. The van der Waals surface area contributed by atoms with Gasteiger partial charge in [0.05, 0.1) is 0 Å². The molecule has 2 fully saturated rings. The molecule has 0 amide bonds. The first-order valence-corrected chi connectivity index (χ1v) is 8.29. The van der Waals surface area contributed by atoms with Crippen LogP contribution in [-0.2, 0) is 0 Å².